The Morgan fingerprint density at radius 2 is 2.00 bits per heavy atom. The quantitative estimate of drug-likeness (QED) is 0.813. The van der Waals surface area contributed by atoms with Crippen LogP contribution in [0.15, 0.2) is 46.9 Å². The zero-order chi connectivity index (χ0) is 16.1. The highest BCUT2D eigenvalue weighted by molar-refractivity contribution is 9.10. The van der Waals surface area contributed by atoms with Crippen molar-refractivity contribution in [1.82, 2.24) is 0 Å². The average molecular weight is 368 g/mol. The monoisotopic (exact) mass is 367 g/mol. The summed E-state index contributed by atoms with van der Waals surface area (Å²) in [7, 11) is 1.41. The van der Waals surface area contributed by atoms with E-state index in [9.17, 15) is 13.6 Å². The molecule has 0 radical (unpaired) electrons. The number of rotatable bonds is 4. The molecule has 0 saturated carbocycles. The van der Waals surface area contributed by atoms with Crippen molar-refractivity contribution in [3.05, 3.63) is 64.1 Å². The number of halogens is 3. The van der Waals surface area contributed by atoms with Crippen LogP contribution in [-0.2, 0) is 4.79 Å². The van der Waals surface area contributed by atoms with Gasteiger partial charge in [0.05, 0.1) is 17.3 Å². The Morgan fingerprint density at radius 3 is 2.68 bits per heavy atom. The number of nitrogens with one attached hydrogen (secondary N) is 1. The lowest BCUT2D eigenvalue weighted by Gasteiger charge is -2.10. The van der Waals surface area contributed by atoms with Gasteiger partial charge in [0, 0.05) is 17.7 Å². The van der Waals surface area contributed by atoms with Crippen LogP contribution in [0.4, 0.5) is 14.5 Å². The molecule has 0 aromatic heterocycles. The predicted octanol–water partition coefficient (Wildman–Crippen LogP) is 4.39. The van der Waals surface area contributed by atoms with Crippen LogP contribution in [0.25, 0.3) is 6.08 Å². The van der Waals surface area contributed by atoms with Gasteiger partial charge in [-0.05, 0) is 34.1 Å². The Labute approximate surface area is 134 Å². The normalized spacial score (nSPS) is 10.7. The van der Waals surface area contributed by atoms with Crippen molar-refractivity contribution in [2.75, 3.05) is 12.4 Å². The molecule has 0 fully saturated rings. The molecule has 0 bridgehead atoms. The molecule has 0 aliphatic heterocycles. The summed E-state index contributed by atoms with van der Waals surface area (Å²) in [6.07, 6.45) is 2.50. The van der Waals surface area contributed by atoms with Gasteiger partial charge in [-0.1, -0.05) is 18.2 Å². The summed E-state index contributed by atoms with van der Waals surface area (Å²) in [6.45, 7) is 0. The predicted molar refractivity (Wildman–Crippen MR) is 84.7 cm³/mol. The van der Waals surface area contributed by atoms with Crippen LogP contribution in [0, 0.1) is 11.6 Å². The molecule has 0 heterocycles. The highest BCUT2D eigenvalue weighted by Gasteiger charge is 2.11. The van der Waals surface area contributed by atoms with Gasteiger partial charge in [0.15, 0.2) is 5.75 Å². The van der Waals surface area contributed by atoms with Gasteiger partial charge < -0.3 is 10.1 Å². The van der Waals surface area contributed by atoms with Gasteiger partial charge in [-0.2, -0.15) is 0 Å². The first-order valence-electron chi connectivity index (χ1n) is 6.28. The summed E-state index contributed by atoms with van der Waals surface area (Å²) in [5, 5.41) is 2.49. The van der Waals surface area contributed by atoms with Crippen molar-refractivity contribution in [2.45, 2.75) is 0 Å². The summed E-state index contributed by atoms with van der Waals surface area (Å²) >= 11 is 3.15. The first-order chi connectivity index (χ1) is 10.5. The number of amides is 1. The Morgan fingerprint density at radius 1 is 1.27 bits per heavy atom. The second kappa shape index (κ2) is 7.17. The van der Waals surface area contributed by atoms with Crippen LogP contribution in [0.2, 0.25) is 0 Å². The van der Waals surface area contributed by atoms with Crippen molar-refractivity contribution in [3.63, 3.8) is 0 Å². The van der Waals surface area contributed by atoms with E-state index in [0.717, 1.165) is 12.1 Å². The maximum absolute atomic E-state index is 13.4. The molecule has 114 valence electrons. The number of carbonyl (C=O) groups excluding carboxylic acids is 1. The topological polar surface area (TPSA) is 38.3 Å². The molecule has 0 unspecified atom stereocenters. The molecule has 2 aromatic rings. The molecule has 0 aliphatic rings. The number of hydrogen-bond acceptors (Lipinski definition) is 2. The van der Waals surface area contributed by atoms with Crippen LogP contribution >= 0.6 is 15.9 Å². The fraction of sp³-hybridized carbons (Fsp3) is 0.0625. The van der Waals surface area contributed by atoms with Gasteiger partial charge in [-0.3, -0.25) is 4.79 Å². The molecule has 1 amide bonds. The van der Waals surface area contributed by atoms with Crippen molar-refractivity contribution >= 4 is 33.6 Å². The molecule has 2 aromatic carbocycles. The molecule has 0 atom stereocenters. The third-order valence-electron chi connectivity index (χ3n) is 2.79. The van der Waals surface area contributed by atoms with Crippen molar-refractivity contribution in [2.24, 2.45) is 0 Å². The molecule has 0 spiro atoms. The number of hydrogen-bond donors (Lipinski definition) is 1. The van der Waals surface area contributed by atoms with Crippen LogP contribution < -0.4 is 10.1 Å². The fourth-order valence-corrected chi connectivity index (χ4v) is 2.40. The van der Waals surface area contributed by atoms with E-state index < -0.39 is 17.5 Å². The molecule has 22 heavy (non-hydrogen) atoms. The second-order valence-corrected chi connectivity index (χ2v) is 5.17. The lowest BCUT2D eigenvalue weighted by molar-refractivity contribution is -0.111. The van der Waals surface area contributed by atoms with E-state index in [1.54, 1.807) is 18.2 Å². The Bertz CT molecular complexity index is 732. The minimum Gasteiger partial charge on any atom is -0.493 e. The Balaban J connectivity index is 2.18. The van der Waals surface area contributed by atoms with Gasteiger partial charge in [0.1, 0.15) is 11.6 Å². The molecule has 0 saturated heterocycles. The number of carbonyl (C=O) groups is 1. The van der Waals surface area contributed by atoms with Gasteiger partial charge in [0.2, 0.25) is 5.91 Å². The smallest absolute Gasteiger partial charge is 0.248 e. The van der Waals surface area contributed by atoms with Crippen LogP contribution in [0.5, 0.6) is 5.75 Å². The van der Waals surface area contributed by atoms with Crippen LogP contribution in [-0.4, -0.2) is 13.0 Å². The van der Waals surface area contributed by atoms with E-state index >= 15 is 0 Å². The van der Waals surface area contributed by atoms with Gasteiger partial charge >= 0.3 is 0 Å². The summed E-state index contributed by atoms with van der Waals surface area (Å²) in [5.41, 5.74) is 0.461. The molecule has 3 nitrogen and oxygen atoms in total. The maximum Gasteiger partial charge on any atom is 0.248 e. The number of ether oxygens (including phenoxy) is 1. The zero-order valence-electron chi connectivity index (χ0n) is 11.6. The molecule has 2 rings (SSSR count). The first-order valence-corrected chi connectivity index (χ1v) is 7.07. The van der Waals surface area contributed by atoms with E-state index in [2.05, 4.69) is 21.2 Å². The summed E-state index contributed by atoms with van der Waals surface area (Å²) in [6, 6.07) is 8.42. The fourth-order valence-electron chi connectivity index (χ4n) is 1.81. The highest BCUT2D eigenvalue weighted by atomic mass is 79.9. The summed E-state index contributed by atoms with van der Waals surface area (Å²) < 4.78 is 32.3. The van der Waals surface area contributed by atoms with E-state index in [1.807, 2.05) is 0 Å². The van der Waals surface area contributed by atoms with Crippen LogP contribution in [0.3, 0.4) is 0 Å². The second-order valence-electron chi connectivity index (χ2n) is 4.31. The highest BCUT2D eigenvalue weighted by Crippen LogP contribution is 2.34. The lowest BCUT2D eigenvalue weighted by Crippen LogP contribution is -2.09. The maximum atomic E-state index is 13.4. The Hall–Kier alpha value is -2.21. The Kier molecular flexibility index (Phi) is 5.27. The minimum absolute atomic E-state index is 0.178. The van der Waals surface area contributed by atoms with E-state index in [1.165, 1.54) is 25.3 Å². The van der Waals surface area contributed by atoms with E-state index in [-0.39, 0.29) is 11.3 Å². The van der Waals surface area contributed by atoms with E-state index in [0.29, 0.717) is 10.2 Å². The average Bonchev–Trinajstić information content (AvgIpc) is 2.46. The lowest BCUT2D eigenvalue weighted by atomic mass is 10.2. The molecule has 1 N–H and O–H groups in total. The van der Waals surface area contributed by atoms with E-state index in [4.69, 9.17) is 4.74 Å². The number of benzene rings is 2. The zero-order valence-corrected chi connectivity index (χ0v) is 13.2. The van der Waals surface area contributed by atoms with Gasteiger partial charge in [0.25, 0.3) is 0 Å². The number of anilines is 1. The number of methoxy groups -OCH3 is 1. The summed E-state index contributed by atoms with van der Waals surface area (Å²) in [4.78, 5) is 11.9. The standard InChI is InChI=1S/C16H12BrF2NO2/c1-22-16-12(17)8-11(18)9-14(16)20-15(21)7-6-10-4-2-3-5-13(10)19/h2-9H,1H3,(H,20,21)/b7-6+. The van der Waals surface area contributed by atoms with Gasteiger partial charge in [-0.25, -0.2) is 8.78 Å². The molecule has 0 aliphatic carbocycles. The molecular formula is C16H12BrF2NO2. The minimum atomic E-state index is -0.529. The van der Waals surface area contributed by atoms with Crippen LogP contribution in [0.1, 0.15) is 5.56 Å². The first kappa shape index (κ1) is 16.2. The third-order valence-corrected chi connectivity index (χ3v) is 3.38. The molecular weight excluding hydrogens is 356 g/mol. The van der Waals surface area contributed by atoms with Gasteiger partial charge in [-0.15, -0.1) is 0 Å². The largest absolute Gasteiger partial charge is 0.493 e. The molecule has 6 heteroatoms. The SMILES string of the molecule is COc1c(Br)cc(F)cc1NC(=O)/C=C/c1ccccc1F. The summed E-state index contributed by atoms with van der Waals surface area (Å²) in [5.74, 6) is -1.19. The van der Waals surface area contributed by atoms with Crippen molar-refractivity contribution < 1.29 is 18.3 Å². The third kappa shape index (κ3) is 3.92. The van der Waals surface area contributed by atoms with Crippen molar-refractivity contribution in [1.29, 1.82) is 0 Å². The van der Waals surface area contributed by atoms with Crippen molar-refractivity contribution in [3.8, 4) is 5.75 Å².